The van der Waals surface area contributed by atoms with E-state index in [2.05, 4.69) is 15.5 Å². The first kappa shape index (κ1) is 13.8. The van der Waals surface area contributed by atoms with Crippen LogP contribution >= 0.6 is 0 Å². The van der Waals surface area contributed by atoms with Crippen LogP contribution in [0.3, 0.4) is 0 Å². The van der Waals surface area contributed by atoms with E-state index in [9.17, 15) is 4.79 Å². The Labute approximate surface area is 126 Å². The van der Waals surface area contributed by atoms with Gasteiger partial charge in [-0.25, -0.2) is 0 Å². The summed E-state index contributed by atoms with van der Waals surface area (Å²) in [7, 11) is 1.48. The first-order valence-electron chi connectivity index (χ1n) is 6.69. The van der Waals surface area contributed by atoms with Crippen molar-refractivity contribution in [3.63, 3.8) is 0 Å². The van der Waals surface area contributed by atoms with Gasteiger partial charge in [-0.15, -0.1) is 0 Å². The Kier molecular flexibility index (Phi) is 3.82. The number of anilines is 1. The molecule has 6 heteroatoms. The molecule has 0 radical (unpaired) electrons. The van der Waals surface area contributed by atoms with Crippen LogP contribution in [0.1, 0.15) is 5.56 Å². The third-order valence-corrected chi connectivity index (χ3v) is 3.09. The van der Waals surface area contributed by atoms with Gasteiger partial charge in [0, 0.05) is 6.20 Å². The molecule has 2 heterocycles. The van der Waals surface area contributed by atoms with Crippen LogP contribution < -0.4 is 15.7 Å². The number of methoxy groups -OCH3 is 1. The molecule has 0 atom stereocenters. The maximum atomic E-state index is 12.5. The van der Waals surface area contributed by atoms with Crippen molar-refractivity contribution in [3.05, 3.63) is 70.6 Å². The van der Waals surface area contributed by atoms with Gasteiger partial charge < -0.3 is 4.74 Å². The zero-order chi connectivity index (χ0) is 15.4. The molecule has 110 valence electrons. The zero-order valence-corrected chi connectivity index (χ0v) is 11.9. The van der Waals surface area contributed by atoms with E-state index in [1.165, 1.54) is 17.7 Å². The minimum atomic E-state index is -0.235. The lowest BCUT2D eigenvalue weighted by Crippen LogP contribution is -2.20. The summed E-state index contributed by atoms with van der Waals surface area (Å²) in [6.45, 7) is 0. The molecule has 0 aliphatic carbocycles. The van der Waals surface area contributed by atoms with Crippen LogP contribution in [0, 0.1) is 0 Å². The number of fused-ring (bicyclic) bond motifs is 1. The van der Waals surface area contributed by atoms with Gasteiger partial charge in [-0.2, -0.15) is 10.1 Å². The number of hydrazone groups is 1. The second-order valence-corrected chi connectivity index (χ2v) is 4.50. The summed E-state index contributed by atoms with van der Waals surface area (Å²) >= 11 is 0. The topological polar surface area (TPSA) is 68.0 Å². The van der Waals surface area contributed by atoms with E-state index in [-0.39, 0.29) is 17.0 Å². The average molecular weight is 294 g/mol. The molecular formula is C16H14N4O2. The third-order valence-electron chi connectivity index (χ3n) is 3.09. The molecule has 0 fully saturated rings. The van der Waals surface area contributed by atoms with Gasteiger partial charge in [0.25, 0.3) is 5.56 Å². The quantitative estimate of drug-likeness (QED) is 0.591. The van der Waals surface area contributed by atoms with Gasteiger partial charge in [-0.1, -0.05) is 24.3 Å². The lowest BCUT2D eigenvalue weighted by atomic mass is 10.3. The molecule has 22 heavy (non-hydrogen) atoms. The van der Waals surface area contributed by atoms with E-state index in [0.29, 0.717) is 5.65 Å². The fraction of sp³-hybridized carbons (Fsp3) is 0.0625. The number of pyridine rings is 1. The number of rotatable bonds is 4. The van der Waals surface area contributed by atoms with E-state index in [1.807, 2.05) is 36.4 Å². The smallest absolute Gasteiger partial charge is 0.270 e. The van der Waals surface area contributed by atoms with Gasteiger partial charge in [0.2, 0.25) is 5.88 Å². The second-order valence-electron chi connectivity index (χ2n) is 4.50. The van der Waals surface area contributed by atoms with E-state index in [0.717, 1.165) is 5.69 Å². The van der Waals surface area contributed by atoms with Crippen molar-refractivity contribution in [1.29, 1.82) is 0 Å². The largest absolute Gasteiger partial charge is 0.480 e. The molecule has 1 aromatic carbocycles. The summed E-state index contributed by atoms with van der Waals surface area (Å²) in [5.74, 6) is 0.245. The standard InChI is InChI=1S/C16H14N4O2/c1-22-15-13(11-17-19-12-7-3-2-4-8-12)16(21)20-10-6-5-9-14(20)18-15/h2-11,19H,1H3. The Morgan fingerprint density at radius 2 is 1.95 bits per heavy atom. The van der Waals surface area contributed by atoms with Crippen molar-refractivity contribution < 1.29 is 4.74 Å². The number of para-hydroxylation sites is 1. The first-order valence-corrected chi connectivity index (χ1v) is 6.69. The highest BCUT2D eigenvalue weighted by Crippen LogP contribution is 2.11. The van der Waals surface area contributed by atoms with Gasteiger partial charge in [0.1, 0.15) is 11.2 Å². The summed E-state index contributed by atoms with van der Waals surface area (Å²) in [6, 6.07) is 14.8. The third kappa shape index (κ3) is 2.67. The van der Waals surface area contributed by atoms with Crippen LogP contribution in [0.25, 0.3) is 5.65 Å². The number of nitrogens with one attached hydrogen (secondary N) is 1. The predicted molar refractivity (Wildman–Crippen MR) is 85.7 cm³/mol. The fourth-order valence-corrected chi connectivity index (χ4v) is 2.03. The Hall–Kier alpha value is -3.15. The molecule has 0 aliphatic rings. The average Bonchev–Trinajstić information content (AvgIpc) is 2.57. The Balaban J connectivity index is 1.99. The van der Waals surface area contributed by atoms with E-state index in [1.54, 1.807) is 18.3 Å². The summed E-state index contributed by atoms with van der Waals surface area (Å²) in [4.78, 5) is 16.8. The molecule has 0 saturated carbocycles. The molecule has 0 saturated heterocycles. The van der Waals surface area contributed by atoms with Crippen LogP contribution in [0.15, 0.2) is 64.6 Å². The molecule has 0 spiro atoms. The molecule has 0 bridgehead atoms. The van der Waals surface area contributed by atoms with E-state index in [4.69, 9.17) is 4.74 Å². The monoisotopic (exact) mass is 294 g/mol. The minimum Gasteiger partial charge on any atom is -0.480 e. The summed E-state index contributed by atoms with van der Waals surface area (Å²) < 4.78 is 6.64. The van der Waals surface area contributed by atoms with Gasteiger partial charge in [-0.3, -0.25) is 14.6 Å². The van der Waals surface area contributed by atoms with Crippen molar-refractivity contribution in [2.75, 3.05) is 12.5 Å². The predicted octanol–water partition coefficient (Wildman–Crippen LogP) is 2.15. The van der Waals surface area contributed by atoms with Crippen LogP contribution in [0.4, 0.5) is 5.69 Å². The molecule has 1 N–H and O–H groups in total. The Bertz CT molecular complexity index is 872. The molecule has 2 aromatic heterocycles. The molecule has 0 amide bonds. The lowest BCUT2D eigenvalue weighted by molar-refractivity contribution is 0.397. The maximum Gasteiger partial charge on any atom is 0.270 e. The van der Waals surface area contributed by atoms with E-state index < -0.39 is 0 Å². The molecule has 6 nitrogen and oxygen atoms in total. The van der Waals surface area contributed by atoms with Crippen LogP contribution in [0.2, 0.25) is 0 Å². The molecule has 3 rings (SSSR count). The molecular weight excluding hydrogens is 280 g/mol. The maximum absolute atomic E-state index is 12.5. The summed E-state index contributed by atoms with van der Waals surface area (Å²) in [6.07, 6.45) is 3.08. The van der Waals surface area contributed by atoms with E-state index >= 15 is 0 Å². The van der Waals surface area contributed by atoms with Crippen molar-refractivity contribution in [3.8, 4) is 5.88 Å². The number of hydrogen-bond acceptors (Lipinski definition) is 5. The molecule has 0 unspecified atom stereocenters. The highest BCUT2D eigenvalue weighted by Gasteiger charge is 2.11. The lowest BCUT2D eigenvalue weighted by Gasteiger charge is -2.06. The summed E-state index contributed by atoms with van der Waals surface area (Å²) in [5.41, 5.74) is 4.26. The highest BCUT2D eigenvalue weighted by atomic mass is 16.5. The van der Waals surface area contributed by atoms with Crippen LogP contribution in [0.5, 0.6) is 5.88 Å². The molecule has 3 aromatic rings. The number of hydrogen-bond donors (Lipinski definition) is 1. The Morgan fingerprint density at radius 3 is 2.73 bits per heavy atom. The molecule has 0 aliphatic heterocycles. The second kappa shape index (κ2) is 6.09. The number of ether oxygens (including phenoxy) is 1. The van der Waals surface area contributed by atoms with Gasteiger partial charge in [0.05, 0.1) is 19.0 Å². The minimum absolute atomic E-state index is 0.235. The van der Waals surface area contributed by atoms with Gasteiger partial charge >= 0.3 is 0 Å². The highest BCUT2D eigenvalue weighted by molar-refractivity contribution is 5.83. The normalized spacial score (nSPS) is 11.0. The van der Waals surface area contributed by atoms with Crippen molar-refractivity contribution in [1.82, 2.24) is 9.38 Å². The van der Waals surface area contributed by atoms with Crippen molar-refractivity contribution in [2.24, 2.45) is 5.10 Å². The van der Waals surface area contributed by atoms with Gasteiger partial charge in [-0.05, 0) is 24.3 Å². The van der Waals surface area contributed by atoms with Crippen molar-refractivity contribution >= 4 is 17.5 Å². The van der Waals surface area contributed by atoms with Crippen LogP contribution in [-0.4, -0.2) is 22.7 Å². The fourth-order valence-electron chi connectivity index (χ4n) is 2.03. The summed E-state index contributed by atoms with van der Waals surface area (Å²) in [5, 5.41) is 4.08. The first-order chi connectivity index (χ1) is 10.8. The Morgan fingerprint density at radius 1 is 1.18 bits per heavy atom. The zero-order valence-electron chi connectivity index (χ0n) is 11.9. The van der Waals surface area contributed by atoms with Crippen LogP contribution in [-0.2, 0) is 0 Å². The number of aromatic nitrogens is 2. The number of nitrogens with zero attached hydrogens (tertiary/aromatic N) is 3. The number of benzene rings is 1. The van der Waals surface area contributed by atoms with Gasteiger partial charge in [0.15, 0.2) is 0 Å². The van der Waals surface area contributed by atoms with Crippen molar-refractivity contribution in [2.45, 2.75) is 0 Å². The SMILES string of the molecule is COc1nc2ccccn2c(=O)c1C=NNc1ccccc1.